The Morgan fingerprint density at radius 3 is 2.76 bits per heavy atom. The second-order valence-electron chi connectivity index (χ2n) is 4.76. The lowest BCUT2D eigenvalue weighted by Crippen LogP contribution is -1.97. The van der Waals surface area contributed by atoms with Crippen molar-refractivity contribution in [2.24, 2.45) is 0 Å². The van der Waals surface area contributed by atoms with Crippen molar-refractivity contribution in [1.29, 1.82) is 5.26 Å². The van der Waals surface area contributed by atoms with Crippen molar-refractivity contribution in [2.45, 2.75) is 6.92 Å². The number of hydrogen-bond donors (Lipinski definition) is 1. The lowest BCUT2D eigenvalue weighted by Gasteiger charge is -2.12. The van der Waals surface area contributed by atoms with Crippen molar-refractivity contribution >= 4 is 38.2 Å². The van der Waals surface area contributed by atoms with Gasteiger partial charge in [-0.05, 0) is 30.7 Å². The van der Waals surface area contributed by atoms with Crippen molar-refractivity contribution in [3.8, 4) is 6.07 Å². The van der Waals surface area contributed by atoms with Crippen LogP contribution < -0.4 is 5.32 Å². The van der Waals surface area contributed by atoms with E-state index in [1.807, 2.05) is 49.4 Å². The fourth-order valence-corrected chi connectivity index (χ4v) is 2.55. The van der Waals surface area contributed by atoms with Gasteiger partial charge in [0, 0.05) is 21.7 Å². The average Bonchev–Trinajstić information content (AvgIpc) is 2.51. The van der Waals surface area contributed by atoms with Gasteiger partial charge in [0.25, 0.3) is 0 Å². The minimum atomic E-state index is 0.533. The molecular weight excluding hydrogens is 326 g/mol. The second-order valence-corrected chi connectivity index (χ2v) is 5.62. The zero-order chi connectivity index (χ0) is 14.8. The summed E-state index contributed by atoms with van der Waals surface area (Å²) in [5.41, 5.74) is 4.29. The number of aryl methyl sites for hydroxylation is 1. The summed E-state index contributed by atoms with van der Waals surface area (Å²) in [6, 6.07) is 16.0. The predicted molar refractivity (Wildman–Crippen MR) is 88.6 cm³/mol. The molecule has 3 aromatic rings. The first-order valence-corrected chi connectivity index (χ1v) is 7.29. The Morgan fingerprint density at radius 2 is 2.00 bits per heavy atom. The van der Waals surface area contributed by atoms with E-state index in [-0.39, 0.29) is 0 Å². The number of para-hydroxylation sites is 1. The third kappa shape index (κ3) is 2.61. The molecule has 1 N–H and O–H groups in total. The summed E-state index contributed by atoms with van der Waals surface area (Å²) in [6.45, 7) is 2.04. The lowest BCUT2D eigenvalue weighted by atomic mass is 10.1. The highest BCUT2D eigenvalue weighted by Gasteiger charge is 2.09. The molecule has 4 heteroatoms. The van der Waals surface area contributed by atoms with Crippen LogP contribution >= 0.6 is 15.9 Å². The molecule has 0 amide bonds. The van der Waals surface area contributed by atoms with Gasteiger partial charge >= 0.3 is 0 Å². The number of halogens is 1. The minimum Gasteiger partial charge on any atom is -0.354 e. The van der Waals surface area contributed by atoms with Gasteiger partial charge < -0.3 is 5.32 Å². The molecule has 0 saturated heterocycles. The van der Waals surface area contributed by atoms with Crippen LogP contribution in [-0.4, -0.2) is 4.98 Å². The van der Waals surface area contributed by atoms with Crippen LogP contribution in [0, 0.1) is 18.3 Å². The van der Waals surface area contributed by atoms with Crippen molar-refractivity contribution in [3.05, 3.63) is 64.3 Å². The van der Waals surface area contributed by atoms with E-state index in [4.69, 9.17) is 0 Å². The minimum absolute atomic E-state index is 0.533. The number of nitrogens with zero attached hydrogens (tertiary/aromatic N) is 2. The third-order valence-corrected chi connectivity index (χ3v) is 4.19. The first-order chi connectivity index (χ1) is 10.2. The van der Waals surface area contributed by atoms with Gasteiger partial charge in [-0.1, -0.05) is 40.2 Å². The molecule has 3 nitrogen and oxygen atoms in total. The van der Waals surface area contributed by atoms with Gasteiger partial charge in [-0.15, -0.1) is 0 Å². The van der Waals surface area contributed by atoms with Gasteiger partial charge in [0.15, 0.2) is 0 Å². The summed E-state index contributed by atoms with van der Waals surface area (Å²) in [5, 5.41) is 13.6. The summed E-state index contributed by atoms with van der Waals surface area (Å²) in [7, 11) is 0. The Balaban J connectivity index is 2.14. The van der Waals surface area contributed by atoms with E-state index >= 15 is 0 Å². The molecule has 1 heterocycles. The molecule has 0 aliphatic heterocycles. The highest BCUT2D eigenvalue weighted by molar-refractivity contribution is 9.10. The van der Waals surface area contributed by atoms with E-state index in [9.17, 15) is 5.26 Å². The number of rotatable bonds is 2. The molecular formula is C17H12BrN3. The van der Waals surface area contributed by atoms with E-state index in [1.54, 1.807) is 6.20 Å². The van der Waals surface area contributed by atoms with Crippen LogP contribution in [-0.2, 0) is 0 Å². The number of fused-ring (bicyclic) bond motifs is 1. The maximum absolute atomic E-state index is 9.32. The zero-order valence-electron chi connectivity index (χ0n) is 11.4. The number of pyridine rings is 1. The molecule has 0 unspecified atom stereocenters. The molecule has 0 aliphatic rings. The Bertz CT molecular complexity index is 866. The van der Waals surface area contributed by atoms with Gasteiger partial charge in [0.05, 0.1) is 16.8 Å². The Hall–Kier alpha value is -2.38. The number of anilines is 2. The first kappa shape index (κ1) is 13.6. The Kier molecular flexibility index (Phi) is 3.59. The molecule has 0 saturated carbocycles. The number of hydrogen-bond acceptors (Lipinski definition) is 3. The molecule has 0 atom stereocenters. The predicted octanol–water partition coefficient (Wildman–Crippen LogP) is 4.92. The van der Waals surface area contributed by atoms with Crippen molar-refractivity contribution < 1.29 is 0 Å². The summed E-state index contributed by atoms with van der Waals surface area (Å²) >= 11 is 3.53. The van der Waals surface area contributed by atoms with Crippen LogP contribution in [0.1, 0.15) is 11.1 Å². The maximum Gasteiger partial charge on any atom is 0.103 e. The van der Waals surface area contributed by atoms with E-state index in [0.29, 0.717) is 5.56 Å². The molecule has 102 valence electrons. The van der Waals surface area contributed by atoms with Crippen LogP contribution in [0.5, 0.6) is 0 Å². The van der Waals surface area contributed by atoms with Crippen LogP contribution in [0.15, 0.2) is 53.1 Å². The average molecular weight is 338 g/mol. The topological polar surface area (TPSA) is 48.7 Å². The smallest absolute Gasteiger partial charge is 0.103 e. The quantitative estimate of drug-likeness (QED) is 0.721. The first-order valence-electron chi connectivity index (χ1n) is 6.50. The monoisotopic (exact) mass is 337 g/mol. The van der Waals surface area contributed by atoms with Gasteiger partial charge in [-0.25, -0.2) is 0 Å². The maximum atomic E-state index is 9.32. The SMILES string of the molecule is Cc1ccc(Nc2c(C#N)cnc3ccccc23)cc1Br. The van der Waals surface area contributed by atoms with Crippen LogP contribution in [0.3, 0.4) is 0 Å². The molecule has 1 aromatic heterocycles. The van der Waals surface area contributed by atoms with Gasteiger partial charge in [0.1, 0.15) is 6.07 Å². The van der Waals surface area contributed by atoms with Gasteiger partial charge in [-0.3, -0.25) is 4.98 Å². The third-order valence-electron chi connectivity index (χ3n) is 3.34. The Morgan fingerprint density at radius 1 is 1.19 bits per heavy atom. The summed E-state index contributed by atoms with van der Waals surface area (Å²) < 4.78 is 1.03. The van der Waals surface area contributed by atoms with E-state index in [2.05, 4.69) is 32.3 Å². The Labute approximate surface area is 131 Å². The summed E-state index contributed by atoms with van der Waals surface area (Å²) in [6.07, 6.45) is 1.61. The normalized spacial score (nSPS) is 10.3. The lowest BCUT2D eigenvalue weighted by molar-refractivity contribution is 1.36. The summed E-state index contributed by atoms with van der Waals surface area (Å²) in [5.74, 6) is 0. The fraction of sp³-hybridized carbons (Fsp3) is 0.0588. The largest absolute Gasteiger partial charge is 0.354 e. The molecule has 0 aliphatic carbocycles. The van der Waals surface area contributed by atoms with E-state index < -0.39 is 0 Å². The second kappa shape index (κ2) is 5.55. The zero-order valence-corrected chi connectivity index (χ0v) is 13.0. The standard InChI is InChI=1S/C17H12BrN3/c1-11-6-7-13(8-15(11)18)21-17-12(9-19)10-20-16-5-3-2-4-14(16)17/h2-8,10H,1H3,(H,20,21). The van der Waals surface area contributed by atoms with Gasteiger partial charge in [-0.2, -0.15) is 5.26 Å². The molecule has 0 radical (unpaired) electrons. The number of benzene rings is 2. The van der Waals surface area contributed by atoms with Crippen molar-refractivity contribution in [3.63, 3.8) is 0 Å². The highest BCUT2D eigenvalue weighted by Crippen LogP contribution is 2.30. The molecule has 3 rings (SSSR count). The molecule has 2 aromatic carbocycles. The van der Waals surface area contributed by atoms with Crippen molar-refractivity contribution in [2.75, 3.05) is 5.32 Å². The fourth-order valence-electron chi connectivity index (χ4n) is 2.18. The van der Waals surface area contributed by atoms with Crippen LogP contribution in [0.4, 0.5) is 11.4 Å². The van der Waals surface area contributed by atoms with E-state index in [0.717, 1.165) is 26.8 Å². The summed E-state index contributed by atoms with van der Waals surface area (Å²) in [4.78, 5) is 4.31. The van der Waals surface area contributed by atoms with Crippen LogP contribution in [0.2, 0.25) is 0 Å². The van der Waals surface area contributed by atoms with E-state index in [1.165, 1.54) is 5.56 Å². The molecule has 0 fully saturated rings. The number of nitriles is 1. The molecule has 0 spiro atoms. The molecule has 0 bridgehead atoms. The number of aromatic nitrogens is 1. The number of nitrogens with one attached hydrogen (secondary N) is 1. The van der Waals surface area contributed by atoms with Crippen molar-refractivity contribution in [1.82, 2.24) is 4.98 Å². The van der Waals surface area contributed by atoms with Crippen LogP contribution in [0.25, 0.3) is 10.9 Å². The molecule has 21 heavy (non-hydrogen) atoms. The highest BCUT2D eigenvalue weighted by atomic mass is 79.9. The van der Waals surface area contributed by atoms with Gasteiger partial charge in [0.2, 0.25) is 0 Å².